The molecule has 5 nitrogen and oxygen atoms in total. The van der Waals surface area contributed by atoms with Crippen LogP contribution in [-0.4, -0.2) is 27.1 Å². The fourth-order valence-corrected chi connectivity index (χ4v) is 6.64. The van der Waals surface area contributed by atoms with Crippen molar-refractivity contribution in [2.45, 2.75) is 50.4 Å². The SMILES string of the molecule is C[C@H]([C@@H]1C[C@@H]2CC[C@@H]1C2)n1c(COc2ccccc2F)nnc1SCCOc1ccc(Br)cc1. The minimum Gasteiger partial charge on any atom is -0.493 e. The number of aromatic nitrogens is 3. The molecule has 1 heterocycles. The number of hydrogen-bond donors (Lipinski definition) is 0. The number of para-hydroxylation sites is 1. The highest BCUT2D eigenvalue weighted by Gasteiger charge is 2.43. The zero-order chi connectivity index (χ0) is 23.5. The smallest absolute Gasteiger partial charge is 0.191 e. The van der Waals surface area contributed by atoms with Crippen molar-refractivity contribution in [3.63, 3.8) is 0 Å². The normalized spacial score (nSPS) is 22.1. The standard InChI is InChI=1S/C26H29BrFN3O2S/c1-17(22-15-18-6-7-19(22)14-18)31-25(16-33-24-5-3-2-4-23(24)28)29-30-26(31)34-13-12-32-21-10-8-20(27)9-11-21/h2-5,8-11,17-19,22H,6-7,12-16H2,1H3/t17-,18-,19-,22+/m1/s1. The van der Waals surface area contributed by atoms with Gasteiger partial charge >= 0.3 is 0 Å². The Labute approximate surface area is 212 Å². The highest BCUT2D eigenvalue weighted by molar-refractivity contribution is 9.10. The Bertz CT molecular complexity index is 1110. The monoisotopic (exact) mass is 545 g/mol. The quantitative estimate of drug-likeness (QED) is 0.204. The second-order valence-electron chi connectivity index (χ2n) is 9.22. The fourth-order valence-electron chi connectivity index (χ4n) is 5.52. The summed E-state index contributed by atoms with van der Waals surface area (Å²) in [5.41, 5.74) is 0. The van der Waals surface area contributed by atoms with E-state index in [0.29, 0.717) is 12.5 Å². The minimum absolute atomic E-state index is 0.190. The van der Waals surface area contributed by atoms with Gasteiger partial charge in [0.15, 0.2) is 22.5 Å². The van der Waals surface area contributed by atoms with Gasteiger partial charge in [-0.3, -0.25) is 4.57 Å². The highest BCUT2D eigenvalue weighted by Crippen LogP contribution is 2.52. The molecule has 4 atom stereocenters. The molecular formula is C26H29BrFN3O2S. The number of nitrogens with zero attached hydrogens (tertiary/aromatic N) is 3. The summed E-state index contributed by atoms with van der Waals surface area (Å²) in [5.74, 6) is 4.49. The molecule has 2 fully saturated rings. The van der Waals surface area contributed by atoms with E-state index >= 15 is 0 Å². The van der Waals surface area contributed by atoms with Crippen LogP contribution in [0.1, 0.15) is 44.5 Å². The Morgan fingerprint density at radius 1 is 1.09 bits per heavy atom. The third kappa shape index (κ3) is 5.28. The van der Waals surface area contributed by atoms with Gasteiger partial charge in [-0.1, -0.05) is 46.2 Å². The summed E-state index contributed by atoms with van der Waals surface area (Å²) in [7, 11) is 0. The van der Waals surface area contributed by atoms with Gasteiger partial charge < -0.3 is 9.47 Å². The zero-order valence-electron chi connectivity index (χ0n) is 19.2. The zero-order valence-corrected chi connectivity index (χ0v) is 21.6. The van der Waals surface area contributed by atoms with Crippen LogP contribution in [0, 0.1) is 23.6 Å². The van der Waals surface area contributed by atoms with Crippen LogP contribution < -0.4 is 9.47 Å². The third-order valence-electron chi connectivity index (χ3n) is 7.15. The van der Waals surface area contributed by atoms with E-state index in [1.807, 2.05) is 24.3 Å². The van der Waals surface area contributed by atoms with Crippen LogP contribution in [0.15, 0.2) is 58.2 Å². The molecule has 8 heteroatoms. The van der Waals surface area contributed by atoms with Gasteiger partial charge in [0.25, 0.3) is 0 Å². The van der Waals surface area contributed by atoms with E-state index in [0.717, 1.165) is 38.8 Å². The number of benzene rings is 2. The lowest BCUT2D eigenvalue weighted by molar-refractivity contribution is 0.215. The van der Waals surface area contributed by atoms with Crippen molar-refractivity contribution in [3.05, 3.63) is 64.6 Å². The van der Waals surface area contributed by atoms with E-state index in [2.05, 4.69) is 37.6 Å². The van der Waals surface area contributed by atoms with Crippen LogP contribution in [0.5, 0.6) is 11.5 Å². The molecule has 5 rings (SSSR count). The first-order valence-electron chi connectivity index (χ1n) is 11.9. The van der Waals surface area contributed by atoms with E-state index in [4.69, 9.17) is 9.47 Å². The molecule has 2 aliphatic carbocycles. The lowest BCUT2D eigenvalue weighted by Gasteiger charge is -2.30. The fraction of sp³-hybridized carbons (Fsp3) is 0.462. The lowest BCUT2D eigenvalue weighted by atomic mass is 9.84. The molecule has 0 radical (unpaired) electrons. The van der Waals surface area contributed by atoms with Gasteiger partial charge in [0, 0.05) is 16.3 Å². The molecule has 0 N–H and O–H groups in total. The topological polar surface area (TPSA) is 49.2 Å². The van der Waals surface area contributed by atoms with Crippen LogP contribution >= 0.6 is 27.7 Å². The van der Waals surface area contributed by atoms with Gasteiger partial charge in [-0.2, -0.15) is 0 Å². The van der Waals surface area contributed by atoms with Crippen molar-refractivity contribution in [2.75, 3.05) is 12.4 Å². The molecule has 0 saturated heterocycles. The highest BCUT2D eigenvalue weighted by atomic mass is 79.9. The summed E-state index contributed by atoms with van der Waals surface area (Å²) in [6.45, 7) is 3.04. The number of thioether (sulfide) groups is 1. The summed E-state index contributed by atoms with van der Waals surface area (Å²) in [5, 5.41) is 9.84. The van der Waals surface area contributed by atoms with Gasteiger partial charge in [0.1, 0.15) is 12.4 Å². The Hall–Kier alpha value is -2.06. The van der Waals surface area contributed by atoms with Crippen LogP contribution in [-0.2, 0) is 6.61 Å². The molecule has 2 saturated carbocycles. The molecule has 0 unspecified atom stereocenters. The Morgan fingerprint density at radius 2 is 1.91 bits per heavy atom. The van der Waals surface area contributed by atoms with Crippen molar-refractivity contribution < 1.29 is 13.9 Å². The summed E-state index contributed by atoms with van der Waals surface area (Å²) >= 11 is 5.09. The number of halogens is 2. The van der Waals surface area contributed by atoms with E-state index in [9.17, 15) is 4.39 Å². The van der Waals surface area contributed by atoms with Crippen LogP contribution in [0.25, 0.3) is 0 Å². The van der Waals surface area contributed by atoms with Gasteiger partial charge in [-0.25, -0.2) is 4.39 Å². The second kappa shape index (κ2) is 10.7. The molecule has 3 aromatic rings. The first-order valence-corrected chi connectivity index (χ1v) is 13.7. The van der Waals surface area contributed by atoms with Crippen molar-refractivity contribution >= 4 is 27.7 Å². The second-order valence-corrected chi connectivity index (χ2v) is 11.2. The predicted molar refractivity (Wildman–Crippen MR) is 135 cm³/mol. The summed E-state index contributed by atoms with van der Waals surface area (Å²) in [4.78, 5) is 0. The number of ether oxygens (including phenoxy) is 2. The van der Waals surface area contributed by atoms with Gasteiger partial charge in [0.05, 0.1) is 6.61 Å². The summed E-state index contributed by atoms with van der Waals surface area (Å²) in [6.07, 6.45) is 5.32. The van der Waals surface area contributed by atoms with Crippen LogP contribution in [0.4, 0.5) is 4.39 Å². The number of fused-ring (bicyclic) bond motifs is 2. The average molecular weight is 547 g/mol. The van der Waals surface area contributed by atoms with Crippen LogP contribution in [0.2, 0.25) is 0 Å². The van der Waals surface area contributed by atoms with E-state index in [1.165, 1.54) is 31.7 Å². The van der Waals surface area contributed by atoms with Crippen molar-refractivity contribution in [1.29, 1.82) is 0 Å². The van der Waals surface area contributed by atoms with Gasteiger partial charge in [-0.15, -0.1) is 10.2 Å². The summed E-state index contributed by atoms with van der Waals surface area (Å²) < 4.78 is 29.0. The molecule has 1 aromatic heterocycles. The maximum atomic E-state index is 14.1. The maximum absolute atomic E-state index is 14.1. The van der Waals surface area contributed by atoms with Gasteiger partial charge in [0.2, 0.25) is 0 Å². The van der Waals surface area contributed by atoms with E-state index in [-0.39, 0.29) is 24.2 Å². The molecular weight excluding hydrogens is 517 g/mol. The Kier molecular flexibility index (Phi) is 7.44. The third-order valence-corrected chi connectivity index (χ3v) is 8.58. The van der Waals surface area contributed by atoms with Crippen molar-refractivity contribution in [3.8, 4) is 11.5 Å². The van der Waals surface area contributed by atoms with Crippen molar-refractivity contribution in [2.24, 2.45) is 17.8 Å². The largest absolute Gasteiger partial charge is 0.493 e. The van der Waals surface area contributed by atoms with E-state index in [1.54, 1.807) is 30.0 Å². The number of rotatable bonds is 10. The molecule has 0 amide bonds. The molecule has 2 bridgehead atoms. The average Bonchev–Trinajstić information content (AvgIpc) is 3.58. The van der Waals surface area contributed by atoms with Crippen molar-refractivity contribution in [1.82, 2.24) is 14.8 Å². The minimum atomic E-state index is -0.366. The van der Waals surface area contributed by atoms with Crippen LogP contribution in [0.3, 0.4) is 0 Å². The number of hydrogen-bond acceptors (Lipinski definition) is 5. The first-order chi connectivity index (χ1) is 16.6. The van der Waals surface area contributed by atoms with Gasteiger partial charge in [-0.05, 0) is 80.3 Å². The molecule has 0 spiro atoms. The van der Waals surface area contributed by atoms with E-state index < -0.39 is 0 Å². The molecule has 2 aromatic carbocycles. The Morgan fingerprint density at radius 3 is 2.65 bits per heavy atom. The molecule has 180 valence electrons. The molecule has 34 heavy (non-hydrogen) atoms. The first kappa shape index (κ1) is 23.7. The molecule has 0 aliphatic heterocycles. The summed E-state index contributed by atoms with van der Waals surface area (Å²) in [6, 6.07) is 14.6. The lowest BCUT2D eigenvalue weighted by Crippen LogP contribution is -2.24. The Balaban J connectivity index is 1.28. The molecule has 2 aliphatic rings. The maximum Gasteiger partial charge on any atom is 0.191 e. The predicted octanol–water partition coefficient (Wildman–Crippen LogP) is 6.93.